The van der Waals surface area contributed by atoms with Gasteiger partial charge in [-0.05, 0) is 54.4 Å². The Kier molecular flexibility index (Phi) is 3.72. The summed E-state index contributed by atoms with van der Waals surface area (Å²) in [6, 6.07) is 10.9. The van der Waals surface area contributed by atoms with Gasteiger partial charge in [0.05, 0.1) is 10.0 Å². The first-order chi connectivity index (χ1) is 9.60. The molecule has 4 heteroatoms. The molecule has 2 aromatic carbocycles. The Hall–Kier alpha value is -1.09. The van der Waals surface area contributed by atoms with Gasteiger partial charge in [-0.15, -0.1) is 0 Å². The number of hydrogen-bond acceptors (Lipinski definition) is 1. The highest BCUT2D eigenvalue weighted by atomic mass is 35.5. The summed E-state index contributed by atoms with van der Waals surface area (Å²) >= 11 is 12.1. The third kappa shape index (κ3) is 2.32. The summed E-state index contributed by atoms with van der Waals surface area (Å²) in [6.07, 6.45) is 0.896. The zero-order valence-electron chi connectivity index (χ0n) is 11.0. The molecular weight excluding hydrogens is 296 g/mol. The monoisotopic (exact) mass is 309 g/mol. The quantitative estimate of drug-likeness (QED) is 0.829. The van der Waals surface area contributed by atoms with Crippen LogP contribution in [0.5, 0.6) is 0 Å². The Morgan fingerprint density at radius 1 is 1.05 bits per heavy atom. The van der Waals surface area contributed by atoms with Gasteiger partial charge in [-0.25, -0.2) is 4.39 Å². The lowest BCUT2D eigenvalue weighted by atomic mass is 9.93. The van der Waals surface area contributed by atoms with Gasteiger partial charge in [-0.2, -0.15) is 0 Å². The van der Waals surface area contributed by atoms with Crippen LogP contribution in [0.4, 0.5) is 4.39 Å². The first-order valence-corrected chi connectivity index (χ1v) is 7.27. The van der Waals surface area contributed by atoms with Gasteiger partial charge in [-0.3, -0.25) is 0 Å². The predicted molar refractivity (Wildman–Crippen MR) is 81.1 cm³/mol. The molecule has 0 bridgehead atoms. The summed E-state index contributed by atoms with van der Waals surface area (Å²) in [5.41, 5.74) is 3.30. The molecule has 104 valence electrons. The van der Waals surface area contributed by atoms with Gasteiger partial charge in [0, 0.05) is 12.0 Å². The number of nitrogens with one attached hydrogen (secondary N) is 1. The van der Waals surface area contributed by atoms with Gasteiger partial charge in [-0.1, -0.05) is 35.3 Å². The van der Waals surface area contributed by atoms with Gasteiger partial charge in [0.15, 0.2) is 0 Å². The van der Waals surface area contributed by atoms with E-state index in [9.17, 15) is 4.39 Å². The van der Waals surface area contributed by atoms with E-state index >= 15 is 0 Å². The van der Waals surface area contributed by atoms with E-state index in [0.717, 1.165) is 23.1 Å². The van der Waals surface area contributed by atoms with Crippen LogP contribution in [0.1, 0.15) is 35.1 Å². The van der Waals surface area contributed by atoms with Crippen molar-refractivity contribution < 1.29 is 4.39 Å². The van der Waals surface area contributed by atoms with E-state index in [4.69, 9.17) is 23.2 Å². The molecule has 1 aliphatic rings. The zero-order chi connectivity index (χ0) is 14.3. The van der Waals surface area contributed by atoms with Crippen molar-refractivity contribution in [2.45, 2.75) is 18.4 Å². The van der Waals surface area contributed by atoms with Crippen LogP contribution >= 0.6 is 23.2 Å². The highest BCUT2D eigenvalue weighted by molar-refractivity contribution is 6.42. The second-order valence-electron chi connectivity index (χ2n) is 5.08. The molecule has 1 nitrogen and oxygen atoms in total. The standard InChI is InChI=1S/C16H14Cl2FN/c1-20-16-8-12(9-2-5-14(17)15(18)6-9)11-4-3-10(19)7-13(11)16/h2-7,12,16,20H,8H2,1H3. The van der Waals surface area contributed by atoms with E-state index in [1.54, 1.807) is 6.07 Å². The molecule has 3 rings (SSSR count). The number of hydrogen-bond donors (Lipinski definition) is 1. The fourth-order valence-corrected chi connectivity index (χ4v) is 3.28. The molecule has 2 aromatic rings. The van der Waals surface area contributed by atoms with Crippen molar-refractivity contribution in [2.75, 3.05) is 7.05 Å². The molecule has 0 aliphatic heterocycles. The molecule has 0 amide bonds. The molecule has 0 radical (unpaired) electrons. The van der Waals surface area contributed by atoms with Crippen LogP contribution in [0.3, 0.4) is 0 Å². The van der Waals surface area contributed by atoms with Gasteiger partial charge >= 0.3 is 0 Å². The minimum absolute atomic E-state index is 0.167. The summed E-state index contributed by atoms with van der Waals surface area (Å²) in [7, 11) is 1.90. The van der Waals surface area contributed by atoms with Crippen LogP contribution in [0.15, 0.2) is 36.4 Å². The van der Waals surface area contributed by atoms with E-state index in [-0.39, 0.29) is 17.8 Å². The maximum Gasteiger partial charge on any atom is 0.123 e. The lowest BCUT2D eigenvalue weighted by Gasteiger charge is -2.13. The fraction of sp³-hybridized carbons (Fsp3) is 0.250. The molecule has 0 fully saturated rings. The smallest absolute Gasteiger partial charge is 0.123 e. The van der Waals surface area contributed by atoms with Crippen LogP contribution in [0, 0.1) is 5.82 Å². The topological polar surface area (TPSA) is 12.0 Å². The summed E-state index contributed by atoms with van der Waals surface area (Å²) < 4.78 is 13.5. The molecule has 2 unspecified atom stereocenters. The highest BCUT2D eigenvalue weighted by Gasteiger charge is 2.31. The SMILES string of the molecule is CNC1CC(c2ccc(Cl)c(Cl)c2)c2ccc(F)cc21. The minimum Gasteiger partial charge on any atom is -0.313 e. The zero-order valence-corrected chi connectivity index (χ0v) is 12.5. The number of halogens is 3. The molecule has 0 saturated carbocycles. The molecule has 0 heterocycles. The molecule has 2 atom stereocenters. The van der Waals surface area contributed by atoms with Gasteiger partial charge in [0.2, 0.25) is 0 Å². The van der Waals surface area contributed by atoms with Crippen molar-refractivity contribution in [1.29, 1.82) is 0 Å². The fourth-order valence-electron chi connectivity index (χ4n) is 2.97. The van der Waals surface area contributed by atoms with Crippen molar-refractivity contribution in [3.8, 4) is 0 Å². The first kappa shape index (κ1) is 13.9. The van der Waals surface area contributed by atoms with Crippen LogP contribution in [-0.4, -0.2) is 7.05 Å². The third-order valence-corrected chi connectivity index (χ3v) is 4.70. The van der Waals surface area contributed by atoms with E-state index in [2.05, 4.69) is 5.32 Å². The van der Waals surface area contributed by atoms with E-state index in [1.807, 2.05) is 31.3 Å². The van der Waals surface area contributed by atoms with Crippen molar-refractivity contribution in [3.05, 3.63) is 69.0 Å². The van der Waals surface area contributed by atoms with Crippen LogP contribution in [-0.2, 0) is 0 Å². The first-order valence-electron chi connectivity index (χ1n) is 6.51. The lowest BCUT2D eigenvalue weighted by Crippen LogP contribution is -2.13. The summed E-state index contributed by atoms with van der Waals surface area (Å²) in [4.78, 5) is 0. The Morgan fingerprint density at radius 2 is 1.85 bits per heavy atom. The van der Waals surface area contributed by atoms with Gasteiger partial charge < -0.3 is 5.32 Å². The third-order valence-electron chi connectivity index (χ3n) is 3.97. The molecule has 1 aliphatic carbocycles. The van der Waals surface area contributed by atoms with Crippen LogP contribution in [0.25, 0.3) is 0 Å². The summed E-state index contributed by atoms with van der Waals surface area (Å²) in [5, 5.41) is 4.36. The van der Waals surface area contributed by atoms with Crippen molar-refractivity contribution in [3.63, 3.8) is 0 Å². The van der Waals surface area contributed by atoms with Crippen molar-refractivity contribution >= 4 is 23.2 Å². The Bertz CT molecular complexity index is 657. The van der Waals surface area contributed by atoms with E-state index in [1.165, 1.54) is 6.07 Å². The second kappa shape index (κ2) is 5.36. The van der Waals surface area contributed by atoms with E-state index < -0.39 is 0 Å². The van der Waals surface area contributed by atoms with Gasteiger partial charge in [0.25, 0.3) is 0 Å². The van der Waals surface area contributed by atoms with Crippen molar-refractivity contribution in [2.24, 2.45) is 0 Å². The molecule has 0 aromatic heterocycles. The van der Waals surface area contributed by atoms with Crippen LogP contribution < -0.4 is 5.32 Å². The molecule has 1 N–H and O–H groups in total. The lowest BCUT2D eigenvalue weighted by molar-refractivity contribution is 0.560. The predicted octanol–water partition coefficient (Wildman–Crippen LogP) is 4.93. The Morgan fingerprint density at radius 3 is 2.55 bits per heavy atom. The van der Waals surface area contributed by atoms with Crippen molar-refractivity contribution in [1.82, 2.24) is 5.32 Å². The maximum atomic E-state index is 13.5. The molecular formula is C16H14Cl2FN. The maximum absolute atomic E-state index is 13.5. The largest absolute Gasteiger partial charge is 0.313 e. The summed E-state index contributed by atoms with van der Waals surface area (Å²) in [5.74, 6) is 0.0246. The molecule has 20 heavy (non-hydrogen) atoms. The number of rotatable bonds is 2. The Balaban J connectivity index is 2.06. The molecule has 0 spiro atoms. The van der Waals surface area contributed by atoms with Crippen LogP contribution in [0.2, 0.25) is 10.0 Å². The Labute approximate surface area is 127 Å². The highest BCUT2D eigenvalue weighted by Crippen LogP contribution is 2.44. The average molecular weight is 310 g/mol. The number of benzene rings is 2. The van der Waals surface area contributed by atoms with Gasteiger partial charge in [0.1, 0.15) is 5.82 Å². The van der Waals surface area contributed by atoms with E-state index in [0.29, 0.717) is 10.0 Å². The minimum atomic E-state index is -0.196. The molecule has 0 saturated heterocycles. The average Bonchev–Trinajstić information content (AvgIpc) is 2.79. The normalized spacial score (nSPS) is 21.0. The second-order valence-corrected chi connectivity index (χ2v) is 5.89. The summed E-state index contributed by atoms with van der Waals surface area (Å²) in [6.45, 7) is 0. The number of fused-ring (bicyclic) bond motifs is 1.